The number of ketones is 1. The lowest BCUT2D eigenvalue weighted by molar-refractivity contribution is 0.103. The predicted octanol–water partition coefficient (Wildman–Crippen LogP) is 10.7. The largest absolute Gasteiger partial charge is 0.456 e. The molecular weight excluding hydrogens is 641 g/mol. The molecule has 2 rings (SSSR count). The van der Waals surface area contributed by atoms with Crippen LogP contribution >= 0.6 is 0 Å². The molecule has 0 amide bonds. The summed E-state index contributed by atoms with van der Waals surface area (Å²) in [6.45, 7) is 34.5. The van der Waals surface area contributed by atoms with Gasteiger partial charge in [-0.15, -0.1) is 0 Å². The molecule has 0 spiro atoms. The summed E-state index contributed by atoms with van der Waals surface area (Å²) in [6.07, 6.45) is 2.62. The third-order valence-corrected chi connectivity index (χ3v) is 25.8. The lowest BCUT2D eigenvalue weighted by atomic mass is 9.89. The van der Waals surface area contributed by atoms with Gasteiger partial charge in [-0.2, -0.15) is 0 Å². The summed E-state index contributed by atoms with van der Waals surface area (Å²) >= 11 is 0. The van der Waals surface area contributed by atoms with Gasteiger partial charge in [0.05, 0.1) is 0 Å². The summed E-state index contributed by atoms with van der Waals surface area (Å²) in [5.74, 6) is 0.174. The molecular formula is C34H64O4Si6. The smallest absolute Gasteiger partial charge is 0.193 e. The van der Waals surface area contributed by atoms with E-state index in [1.54, 1.807) is 0 Å². The van der Waals surface area contributed by atoms with Crippen LogP contribution in [0.5, 0.6) is 0 Å². The Kier molecular flexibility index (Phi) is 13.5. The highest BCUT2D eigenvalue weighted by Gasteiger charge is 2.33. The van der Waals surface area contributed by atoms with Gasteiger partial charge in [0.1, 0.15) is 0 Å². The van der Waals surface area contributed by atoms with Crippen LogP contribution in [0.25, 0.3) is 0 Å². The summed E-state index contributed by atoms with van der Waals surface area (Å²) < 4.78 is 20.0. The van der Waals surface area contributed by atoms with E-state index >= 15 is 0 Å². The predicted molar refractivity (Wildman–Crippen MR) is 208 cm³/mol. The Morgan fingerprint density at radius 2 is 0.795 bits per heavy atom. The Labute approximate surface area is 277 Å². The maximum atomic E-state index is 14.7. The van der Waals surface area contributed by atoms with E-state index in [-0.39, 0.29) is 5.78 Å². The second-order valence-electron chi connectivity index (χ2n) is 17.4. The summed E-state index contributed by atoms with van der Waals surface area (Å²) in [6, 6.07) is 17.9. The van der Waals surface area contributed by atoms with E-state index < -0.39 is 49.9 Å². The SMILES string of the molecule is C[Si](C)(C)O[Si](C)(C)CCc1ccccc1C(=O)c1c(CC[Si](C)(C)O[Si](C)(C)C)cccc1CC[Si](C)(C)O[Si](C)(C)C. The quantitative estimate of drug-likeness (QED) is 0.121. The molecule has 2 aromatic carbocycles. The van der Waals surface area contributed by atoms with Gasteiger partial charge in [-0.3, -0.25) is 4.79 Å². The normalized spacial score (nSPS) is 13.8. The van der Waals surface area contributed by atoms with Crippen molar-refractivity contribution >= 4 is 55.7 Å². The monoisotopic (exact) mass is 704 g/mol. The molecule has 2 aromatic rings. The minimum atomic E-state index is -1.88. The molecule has 0 aliphatic heterocycles. The van der Waals surface area contributed by atoms with E-state index in [0.29, 0.717) is 0 Å². The van der Waals surface area contributed by atoms with Crippen molar-refractivity contribution in [1.29, 1.82) is 0 Å². The zero-order valence-electron chi connectivity index (χ0n) is 30.9. The third-order valence-electron chi connectivity index (χ3n) is 7.46. The summed E-state index contributed by atoms with van der Waals surface area (Å²) in [7, 11) is -10.5. The summed E-state index contributed by atoms with van der Waals surface area (Å²) in [5, 5.41) is 0. The van der Waals surface area contributed by atoms with Crippen molar-refractivity contribution in [2.75, 3.05) is 0 Å². The molecule has 0 fully saturated rings. The maximum Gasteiger partial charge on any atom is 0.193 e. The fourth-order valence-electron chi connectivity index (χ4n) is 6.40. The maximum absolute atomic E-state index is 14.7. The molecule has 44 heavy (non-hydrogen) atoms. The van der Waals surface area contributed by atoms with Crippen LogP contribution in [0.15, 0.2) is 42.5 Å². The van der Waals surface area contributed by atoms with Crippen LogP contribution in [-0.4, -0.2) is 55.7 Å². The van der Waals surface area contributed by atoms with Crippen molar-refractivity contribution < 1.29 is 17.1 Å². The van der Waals surface area contributed by atoms with Crippen LogP contribution in [0.2, 0.25) is 116 Å². The van der Waals surface area contributed by atoms with Gasteiger partial charge >= 0.3 is 0 Å². The third kappa shape index (κ3) is 14.4. The van der Waals surface area contributed by atoms with E-state index in [2.05, 4.69) is 129 Å². The number of benzene rings is 2. The topological polar surface area (TPSA) is 44.8 Å². The van der Waals surface area contributed by atoms with Gasteiger partial charge in [-0.25, -0.2) is 0 Å². The minimum absolute atomic E-state index is 0.174. The van der Waals surface area contributed by atoms with Crippen LogP contribution in [-0.2, 0) is 31.6 Å². The molecule has 0 N–H and O–H groups in total. The van der Waals surface area contributed by atoms with Gasteiger partial charge in [0.15, 0.2) is 55.7 Å². The lowest BCUT2D eigenvalue weighted by Gasteiger charge is -2.32. The number of rotatable bonds is 17. The van der Waals surface area contributed by atoms with Crippen molar-refractivity contribution in [3.63, 3.8) is 0 Å². The minimum Gasteiger partial charge on any atom is -0.456 e. The molecule has 0 radical (unpaired) electrons. The van der Waals surface area contributed by atoms with Crippen molar-refractivity contribution in [2.45, 2.75) is 136 Å². The molecule has 0 saturated heterocycles. The molecule has 4 nitrogen and oxygen atoms in total. The first-order chi connectivity index (χ1) is 19.8. The number of hydrogen-bond acceptors (Lipinski definition) is 4. The zero-order chi connectivity index (χ0) is 33.8. The summed E-state index contributed by atoms with van der Waals surface area (Å²) in [5.41, 5.74) is 5.26. The molecule has 0 aliphatic carbocycles. The van der Waals surface area contributed by atoms with Crippen molar-refractivity contribution in [3.05, 3.63) is 70.3 Å². The van der Waals surface area contributed by atoms with Gasteiger partial charge in [0.25, 0.3) is 0 Å². The van der Waals surface area contributed by atoms with E-state index in [4.69, 9.17) is 12.3 Å². The van der Waals surface area contributed by atoms with Crippen LogP contribution in [0.4, 0.5) is 0 Å². The van der Waals surface area contributed by atoms with Gasteiger partial charge in [-0.05, 0) is 152 Å². The van der Waals surface area contributed by atoms with Crippen molar-refractivity contribution in [1.82, 2.24) is 0 Å². The van der Waals surface area contributed by atoms with E-state index in [1.165, 1.54) is 11.1 Å². The fourth-order valence-corrected chi connectivity index (χ4v) is 30.1. The molecule has 0 saturated carbocycles. The average Bonchev–Trinajstić information content (AvgIpc) is 2.80. The van der Waals surface area contributed by atoms with Gasteiger partial charge in [0, 0.05) is 11.1 Å². The van der Waals surface area contributed by atoms with E-state index in [0.717, 1.165) is 54.1 Å². The highest BCUT2D eigenvalue weighted by atomic mass is 28.4. The second kappa shape index (κ2) is 15.0. The first-order valence-electron chi connectivity index (χ1n) is 16.6. The Morgan fingerprint density at radius 3 is 1.16 bits per heavy atom. The van der Waals surface area contributed by atoms with Crippen LogP contribution in [0.1, 0.15) is 32.6 Å². The van der Waals surface area contributed by atoms with Crippen LogP contribution in [0.3, 0.4) is 0 Å². The lowest BCUT2D eigenvalue weighted by Crippen LogP contribution is -2.42. The van der Waals surface area contributed by atoms with Crippen molar-refractivity contribution in [3.8, 4) is 0 Å². The number of aryl methyl sites for hydroxylation is 3. The van der Waals surface area contributed by atoms with E-state index in [9.17, 15) is 4.79 Å². The Balaban J connectivity index is 2.51. The Bertz CT molecular complexity index is 1200. The van der Waals surface area contributed by atoms with E-state index in [1.807, 2.05) is 12.1 Å². The summed E-state index contributed by atoms with van der Waals surface area (Å²) in [4.78, 5) is 14.7. The molecule has 0 aromatic heterocycles. The first-order valence-corrected chi connectivity index (χ1v) is 36.2. The molecule has 248 valence electrons. The van der Waals surface area contributed by atoms with Crippen LogP contribution in [0, 0.1) is 0 Å². The molecule has 0 atom stereocenters. The second-order valence-corrected chi connectivity index (χ2v) is 44.5. The molecule has 0 heterocycles. The molecule has 10 heteroatoms. The molecule has 0 aliphatic rings. The first kappa shape index (κ1) is 39.5. The Morgan fingerprint density at radius 1 is 0.477 bits per heavy atom. The standard InChI is InChI=1S/C34H64O4Si6/c1-39(2,3)36-42(10,11)26-23-29-19-16-17-22-32(29)34(35)33-30(24-27-43(12,13)37-40(4,5)6)20-18-21-31(33)25-28-44(14,15)38-41(7,8)9/h16-22H,23-28H2,1-15H3. The van der Waals surface area contributed by atoms with Gasteiger partial charge in [0.2, 0.25) is 0 Å². The fraction of sp³-hybridized carbons (Fsp3) is 0.618. The number of hydrogen-bond donors (Lipinski definition) is 0. The highest BCUT2D eigenvalue weighted by Crippen LogP contribution is 2.30. The van der Waals surface area contributed by atoms with Crippen molar-refractivity contribution in [2.24, 2.45) is 0 Å². The van der Waals surface area contributed by atoms with Gasteiger partial charge in [-0.1, -0.05) is 42.5 Å². The Hall–Kier alpha value is -0.709. The average molecular weight is 705 g/mol. The van der Waals surface area contributed by atoms with Gasteiger partial charge < -0.3 is 12.3 Å². The number of carbonyl (C=O) groups excluding carboxylic acids is 1. The molecule has 0 unspecified atom stereocenters. The molecule has 0 bridgehead atoms. The zero-order valence-corrected chi connectivity index (χ0v) is 36.9. The van der Waals surface area contributed by atoms with Crippen LogP contribution < -0.4 is 0 Å². The number of carbonyl (C=O) groups is 1. The highest BCUT2D eigenvalue weighted by molar-refractivity contribution is 6.85.